The maximum Gasteiger partial charge on any atom is 0.372 e. The summed E-state index contributed by atoms with van der Waals surface area (Å²) in [6.07, 6.45) is 3.06. The van der Waals surface area contributed by atoms with Gasteiger partial charge in [0.05, 0.1) is 18.1 Å². The summed E-state index contributed by atoms with van der Waals surface area (Å²) in [6, 6.07) is 3.94. The smallest absolute Gasteiger partial charge is 0.372 e. The first-order valence-electron chi connectivity index (χ1n) is 6.50. The van der Waals surface area contributed by atoms with Gasteiger partial charge in [-0.2, -0.15) is 4.98 Å². The average Bonchev–Trinajstić information content (AvgIpc) is 3.00. The fourth-order valence-corrected chi connectivity index (χ4v) is 2.82. The van der Waals surface area contributed by atoms with Gasteiger partial charge in [-0.1, -0.05) is 19.4 Å². The van der Waals surface area contributed by atoms with Crippen molar-refractivity contribution in [2.45, 2.75) is 25.8 Å². The van der Waals surface area contributed by atoms with Gasteiger partial charge >= 0.3 is 5.69 Å². The summed E-state index contributed by atoms with van der Waals surface area (Å²) < 4.78 is 4.95. The van der Waals surface area contributed by atoms with E-state index >= 15 is 0 Å². The Morgan fingerprint density at radius 3 is 2.90 bits per heavy atom. The zero-order chi connectivity index (χ0) is 15.2. The molecule has 0 bridgehead atoms. The van der Waals surface area contributed by atoms with E-state index in [0.29, 0.717) is 0 Å². The van der Waals surface area contributed by atoms with Gasteiger partial charge in [0, 0.05) is 4.88 Å². The van der Waals surface area contributed by atoms with E-state index in [2.05, 4.69) is 22.2 Å². The zero-order valence-electron chi connectivity index (χ0n) is 11.8. The van der Waals surface area contributed by atoms with Crippen LogP contribution in [-0.4, -0.2) is 22.0 Å². The molecule has 0 aromatic carbocycles. The third kappa shape index (κ3) is 3.46. The van der Waals surface area contributed by atoms with Crippen molar-refractivity contribution in [3.05, 3.63) is 38.8 Å². The second-order valence-electron chi connectivity index (χ2n) is 4.34. The number of hydrogen-bond donors (Lipinski definition) is 1. The highest BCUT2D eigenvalue weighted by atomic mass is 32.1. The van der Waals surface area contributed by atoms with Crippen LogP contribution in [0, 0.1) is 10.1 Å². The molecule has 1 unspecified atom stereocenters. The molecule has 0 saturated carbocycles. The van der Waals surface area contributed by atoms with Crippen molar-refractivity contribution in [2.75, 3.05) is 12.4 Å². The number of nitro groups is 1. The van der Waals surface area contributed by atoms with Crippen molar-refractivity contribution in [1.82, 2.24) is 9.97 Å². The van der Waals surface area contributed by atoms with Crippen LogP contribution in [-0.2, 0) is 0 Å². The van der Waals surface area contributed by atoms with Crippen molar-refractivity contribution in [3.63, 3.8) is 0 Å². The molecule has 21 heavy (non-hydrogen) atoms. The van der Waals surface area contributed by atoms with Crippen molar-refractivity contribution in [1.29, 1.82) is 0 Å². The van der Waals surface area contributed by atoms with Crippen molar-refractivity contribution < 1.29 is 9.66 Å². The molecule has 1 N–H and O–H groups in total. The van der Waals surface area contributed by atoms with E-state index in [1.807, 2.05) is 17.5 Å². The minimum atomic E-state index is -0.529. The lowest BCUT2D eigenvalue weighted by Gasteiger charge is -2.17. The molecule has 8 heteroatoms. The lowest BCUT2D eigenvalue weighted by atomic mass is 10.1. The van der Waals surface area contributed by atoms with Crippen molar-refractivity contribution in [3.8, 4) is 5.88 Å². The standard InChI is InChI=1S/C13H16N4O3S/c1-3-5-9(10-6-4-7-21-10)16-12-11(17(18)19)13(20-2)15-8-14-12/h4,6-9H,3,5H2,1-2H3,(H,14,15,16). The minimum absolute atomic E-state index is 0.0201. The Hall–Kier alpha value is -2.22. The monoisotopic (exact) mass is 308 g/mol. The Labute approximate surface area is 126 Å². The Bertz CT molecular complexity index is 603. The first-order chi connectivity index (χ1) is 10.2. The molecule has 2 aromatic rings. The van der Waals surface area contributed by atoms with Gasteiger partial charge in [-0.3, -0.25) is 10.1 Å². The number of rotatable bonds is 7. The van der Waals surface area contributed by atoms with E-state index in [1.54, 1.807) is 11.3 Å². The van der Waals surface area contributed by atoms with Crippen LogP contribution < -0.4 is 10.1 Å². The quantitative estimate of drug-likeness (QED) is 0.622. The van der Waals surface area contributed by atoms with E-state index in [0.717, 1.165) is 17.7 Å². The summed E-state index contributed by atoms with van der Waals surface area (Å²) in [7, 11) is 1.35. The third-order valence-corrected chi connectivity index (χ3v) is 3.93. The van der Waals surface area contributed by atoms with Gasteiger partial charge < -0.3 is 10.1 Å². The SMILES string of the molecule is CCCC(Nc1ncnc(OC)c1[N+](=O)[O-])c1cccs1. The van der Waals surface area contributed by atoms with Crippen LogP contribution in [0.15, 0.2) is 23.8 Å². The summed E-state index contributed by atoms with van der Waals surface area (Å²) in [4.78, 5) is 19.6. The highest BCUT2D eigenvalue weighted by Gasteiger charge is 2.26. The lowest BCUT2D eigenvalue weighted by molar-refractivity contribution is -0.385. The second kappa shape index (κ2) is 6.98. The van der Waals surface area contributed by atoms with Gasteiger partial charge in [-0.15, -0.1) is 11.3 Å². The van der Waals surface area contributed by atoms with Crippen LogP contribution in [0.25, 0.3) is 0 Å². The molecule has 0 saturated heterocycles. The topological polar surface area (TPSA) is 90.2 Å². The number of anilines is 1. The molecule has 7 nitrogen and oxygen atoms in total. The highest BCUT2D eigenvalue weighted by molar-refractivity contribution is 7.10. The minimum Gasteiger partial charge on any atom is -0.476 e. The molecule has 2 aromatic heterocycles. The zero-order valence-corrected chi connectivity index (χ0v) is 12.6. The van der Waals surface area contributed by atoms with Gasteiger partial charge in [0.15, 0.2) is 0 Å². The second-order valence-corrected chi connectivity index (χ2v) is 5.32. The van der Waals surface area contributed by atoms with Crippen LogP contribution in [0.2, 0.25) is 0 Å². The average molecular weight is 308 g/mol. The molecule has 0 amide bonds. The van der Waals surface area contributed by atoms with Crippen LogP contribution in [0.5, 0.6) is 5.88 Å². The predicted octanol–water partition coefficient (Wildman–Crippen LogP) is 3.41. The lowest BCUT2D eigenvalue weighted by Crippen LogP contribution is -2.13. The molecular weight excluding hydrogens is 292 g/mol. The Morgan fingerprint density at radius 2 is 2.33 bits per heavy atom. The highest BCUT2D eigenvalue weighted by Crippen LogP contribution is 2.34. The van der Waals surface area contributed by atoms with E-state index in [4.69, 9.17) is 4.74 Å². The molecule has 1 atom stereocenters. The molecule has 112 valence electrons. The Kier molecular flexibility index (Phi) is 5.04. The van der Waals surface area contributed by atoms with Crippen molar-refractivity contribution in [2.24, 2.45) is 0 Å². The van der Waals surface area contributed by atoms with Gasteiger partial charge in [0.1, 0.15) is 6.33 Å². The number of aromatic nitrogens is 2. The number of nitrogens with one attached hydrogen (secondary N) is 1. The summed E-state index contributed by atoms with van der Waals surface area (Å²) in [5, 5.41) is 16.4. The summed E-state index contributed by atoms with van der Waals surface area (Å²) in [5.74, 6) is 0.137. The van der Waals surface area contributed by atoms with Crippen LogP contribution in [0.3, 0.4) is 0 Å². The summed E-state index contributed by atoms with van der Waals surface area (Å²) in [6.45, 7) is 2.07. The molecule has 0 spiro atoms. The van der Waals surface area contributed by atoms with Gasteiger partial charge in [-0.25, -0.2) is 4.98 Å². The number of thiophene rings is 1. The first kappa shape index (κ1) is 15.2. The third-order valence-electron chi connectivity index (χ3n) is 2.94. The van der Waals surface area contributed by atoms with Gasteiger partial charge in [-0.05, 0) is 17.9 Å². The Morgan fingerprint density at radius 1 is 1.52 bits per heavy atom. The maximum atomic E-state index is 11.2. The van der Waals surface area contributed by atoms with Crippen LogP contribution >= 0.6 is 11.3 Å². The molecular formula is C13H16N4O3S. The molecule has 0 fully saturated rings. The van der Waals surface area contributed by atoms with Crippen LogP contribution in [0.4, 0.5) is 11.5 Å². The number of hydrogen-bond acceptors (Lipinski definition) is 7. The van der Waals surface area contributed by atoms with E-state index in [1.165, 1.54) is 13.4 Å². The molecule has 0 aliphatic heterocycles. The summed E-state index contributed by atoms with van der Waals surface area (Å²) in [5.41, 5.74) is -0.238. The molecule has 2 heterocycles. The van der Waals surface area contributed by atoms with Crippen LogP contribution in [0.1, 0.15) is 30.7 Å². The van der Waals surface area contributed by atoms with E-state index in [9.17, 15) is 10.1 Å². The summed E-state index contributed by atoms with van der Waals surface area (Å²) >= 11 is 1.61. The molecule has 0 radical (unpaired) electrons. The van der Waals surface area contributed by atoms with Gasteiger partial charge in [0.2, 0.25) is 5.82 Å². The largest absolute Gasteiger partial charge is 0.476 e. The first-order valence-corrected chi connectivity index (χ1v) is 7.38. The van der Waals surface area contributed by atoms with E-state index in [-0.39, 0.29) is 23.4 Å². The molecule has 2 rings (SSSR count). The molecule has 0 aliphatic rings. The normalized spacial score (nSPS) is 11.9. The number of ether oxygens (including phenoxy) is 1. The number of methoxy groups -OCH3 is 1. The Balaban J connectivity index is 2.34. The maximum absolute atomic E-state index is 11.2. The van der Waals surface area contributed by atoms with Gasteiger partial charge in [0.25, 0.3) is 5.88 Å². The molecule has 0 aliphatic carbocycles. The fraction of sp³-hybridized carbons (Fsp3) is 0.385. The van der Waals surface area contributed by atoms with Crippen molar-refractivity contribution >= 4 is 22.8 Å². The number of nitrogens with zero attached hydrogens (tertiary/aromatic N) is 3. The predicted molar refractivity (Wildman–Crippen MR) is 80.8 cm³/mol. The van der Waals surface area contributed by atoms with E-state index < -0.39 is 4.92 Å². The fourth-order valence-electron chi connectivity index (χ4n) is 2.01.